The second-order valence-electron chi connectivity index (χ2n) is 9.51. The summed E-state index contributed by atoms with van der Waals surface area (Å²) in [5, 5.41) is 13.1. The first-order chi connectivity index (χ1) is 18.6. The monoisotopic (exact) mass is 553 g/mol. The molecular weight excluding hydrogens is 525 g/mol. The van der Waals surface area contributed by atoms with Crippen LogP contribution in [0.2, 0.25) is 5.02 Å². The standard InChI is InChI=1S/C28H29ClFN5O4/c1-5-39-26(37)18-10-11-32-34-24(18)35-14-28(15-35,20-9-7-6-8-17(20)16(2)3)27(38)33-23-13-22(30)21(29)12-19(23)25(36)31-4/h6-13,16H,5,14-15H2,1-4H3,(H,31,36)(H,33,38). The van der Waals surface area contributed by atoms with E-state index in [-0.39, 0.29) is 47.5 Å². The van der Waals surface area contributed by atoms with Crippen molar-refractivity contribution in [3.8, 4) is 0 Å². The van der Waals surface area contributed by atoms with Crippen LogP contribution in [0.5, 0.6) is 0 Å². The molecule has 0 unspecified atom stereocenters. The molecule has 0 radical (unpaired) electrons. The van der Waals surface area contributed by atoms with E-state index in [4.69, 9.17) is 16.3 Å². The van der Waals surface area contributed by atoms with Gasteiger partial charge in [-0.2, -0.15) is 5.10 Å². The molecule has 0 saturated carbocycles. The molecule has 204 valence electrons. The molecule has 9 nitrogen and oxygen atoms in total. The molecule has 2 N–H and O–H groups in total. The van der Waals surface area contributed by atoms with Gasteiger partial charge < -0.3 is 20.3 Å². The van der Waals surface area contributed by atoms with Gasteiger partial charge >= 0.3 is 5.97 Å². The van der Waals surface area contributed by atoms with Crippen molar-refractivity contribution in [2.45, 2.75) is 32.1 Å². The third-order valence-corrected chi connectivity index (χ3v) is 7.02. The highest BCUT2D eigenvalue weighted by Gasteiger charge is 2.53. The Morgan fingerprint density at radius 2 is 1.87 bits per heavy atom. The third-order valence-electron chi connectivity index (χ3n) is 6.73. The maximum absolute atomic E-state index is 14.4. The van der Waals surface area contributed by atoms with E-state index in [1.54, 1.807) is 11.8 Å². The van der Waals surface area contributed by atoms with Crippen molar-refractivity contribution in [2.24, 2.45) is 0 Å². The second kappa shape index (κ2) is 11.4. The molecule has 2 aromatic carbocycles. The van der Waals surface area contributed by atoms with Crippen LogP contribution in [0.25, 0.3) is 0 Å². The Bertz CT molecular complexity index is 1420. The maximum atomic E-state index is 14.4. The first-order valence-corrected chi connectivity index (χ1v) is 12.9. The number of nitrogens with zero attached hydrogens (tertiary/aromatic N) is 3. The van der Waals surface area contributed by atoms with E-state index in [2.05, 4.69) is 20.8 Å². The van der Waals surface area contributed by atoms with Crippen LogP contribution in [0.3, 0.4) is 0 Å². The van der Waals surface area contributed by atoms with Crippen molar-refractivity contribution in [1.82, 2.24) is 15.5 Å². The smallest absolute Gasteiger partial charge is 0.342 e. The minimum Gasteiger partial charge on any atom is -0.462 e. The topological polar surface area (TPSA) is 114 Å². The molecule has 2 heterocycles. The van der Waals surface area contributed by atoms with Gasteiger partial charge in [0, 0.05) is 20.1 Å². The van der Waals surface area contributed by atoms with Gasteiger partial charge in [0.1, 0.15) is 16.8 Å². The molecule has 1 saturated heterocycles. The first-order valence-electron chi connectivity index (χ1n) is 12.5. The fraction of sp³-hybridized carbons (Fsp3) is 0.321. The van der Waals surface area contributed by atoms with Crippen molar-refractivity contribution < 1.29 is 23.5 Å². The van der Waals surface area contributed by atoms with Crippen molar-refractivity contribution in [1.29, 1.82) is 0 Å². The van der Waals surface area contributed by atoms with Gasteiger partial charge in [0.25, 0.3) is 5.91 Å². The molecule has 11 heteroatoms. The predicted octanol–water partition coefficient (Wildman–Crippen LogP) is 4.33. The lowest BCUT2D eigenvalue weighted by Gasteiger charge is -2.50. The lowest BCUT2D eigenvalue weighted by atomic mass is 9.69. The second-order valence-corrected chi connectivity index (χ2v) is 9.92. The van der Waals surface area contributed by atoms with Gasteiger partial charge in [-0.05, 0) is 42.2 Å². The summed E-state index contributed by atoms with van der Waals surface area (Å²) in [4.78, 5) is 40.9. The first kappa shape index (κ1) is 28.0. The molecule has 1 aromatic heterocycles. The summed E-state index contributed by atoms with van der Waals surface area (Å²) < 4.78 is 19.6. The summed E-state index contributed by atoms with van der Waals surface area (Å²) in [6.45, 7) is 6.26. The third kappa shape index (κ3) is 5.29. The van der Waals surface area contributed by atoms with E-state index in [0.29, 0.717) is 5.82 Å². The Balaban J connectivity index is 1.77. The molecule has 0 aliphatic carbocycles. The van der Waals surface area contributed by atoms with E-state index in [9.17, 15) is 18.8 Å². The fourth-order valence-electron chi connectivity index (χ4n) is 4.77. The number of nitrogens with one attached hydrogen (secondary N) is 2. The lowest BCUT2D eigenvalue weighted by Crippen LogP contribution is -2.66. The Kier molecular flexibility index (Phi) is 8.15. The number of carbonyl (C=O) groups is 3. The summed E-state index contributed by atoms with van der Waals surface area (Å²) in [6, 6.07) is 11.3. The quantitative estimate of drug-likeness (QED) is 0.399. The van der Waals surface area contributed by atoms with E-state index >= 15 is 0 Å². The van der Waals surface area contributed by atoms with E-state index in [1.807, 2.05) is 38.1 Å². The zero-order valence-electron chi connectivity index (χ0n) is 22.0. The summed E-state index contributed by atoms with van der Waals surface area (Å²) >= 11 is 5.93. The highest BCUT2D eigenvalue weighted by atomic mass is 35.5. The highest BCUT2D eigenvalue weighted by molar-refractivity contribution is 6.31. The van der Waals surface area contributed by atoms with Gasteiger partial charge in [0.15, 0.2) is 5.82 Å². The number of esters is 1. The minimum atomic E-state index is -1.11. The number of ether oxygens (including phenoxy) is 1. The number of amides is 2. The lowest BCUT2D eigenvalue weighted by molar-refractivity contribution is -0.122. The van der Waals surface area contributed by atoms with Gasteiger partial charge in [-0.3, -0.25) is 9.59 Å². The van der Waals surface area contributed by atoms with Crippen molar-refractivity contribution in [2.75, 3.05) is 37.0 Å². The SMILES string of the molecule is CCOC(=O)c1ccnnc1N1CC(C(=O)Nc2cc(F)c(Cl)cc2C(=O)NC)(c2ccccc2C(C)C)C1. The van der Waals surface area contributed by atoms with Crippen LogP contribution in [-0.2, 0) is 14.9 Å². The molecule has 0 spiro atoms. The van der Waals surface area contributed by atoms with Gasteiger partial charge in [0.05, 0.1) is 29.1 Å². The number of anilines is 2. The largest absolute Gasteiger partial charge is 0.462 e. The molecule has 0 atom stereocenters. The fourth-order valence-corrected chi connectivity index (χ4v) is 4.93. The number of benzene rings is 2. The average molecular weight is 554 g/mol. The molecule has 1 fully saturated rings. The average Bonchev–Trinajstić information content (AvgIpc) is 2.90. The summed E-state index contributed by atoms with van der Waals surface area (Å²) in [7, 11) is 1.43. The van der Waals surface area contributed by atoms with E-state index in [1.165, 1.54) is 25.4 Å². The molecule has 1 aliphatic heterocycles. The number of rotatable bonds is 8. The van der Waals surface area contributed by atoms with E-state index in [0.717, 1.165) is 17.2 Å². The number of halogens is 2. The summed E-state index contributed by atoms with van der Waals surface area (Å²) in [5.74, 6) is -1.90. The van der Waals surface area contributed by atoms with E-state index < -0.39 is 29.0 Å². The number of hydrogen-bond donors (Lipinski definition) is 2. The number of aromatic nitrogens is 2. The number of carbonyl (C=O) groups excluding carboxylic acids is 3. The molecule has 0 bridgehead atoms. The van der Waals surface area contributed by atoms with Gasteiger partial charge in [-0.25, -0.2) is 9.18 Å². The van der Waals surface area contributed by atoms with Crippen LogP contribution in [0.4, 0.5) is 15.9 Å². The van der Waals surface area contributed by atoms with Crippen LogP contribution < -0.4 is 15.5 Å². The maximum Gasteiger partial charge on any atom is 0.342 e. The molecule has 1 aliphatic rings. The van der Waals surface area contributed by atoms with Crippen LogP contribution in [0.15, 0.2) is 48.7 Å². The zero-order chi connectivity index (χ0) is 28.3. The molecule has 4 rings (SSSR count). The molecular formula is C28H29ClFN5O4. The van der Waals surface area contributed by atoms with Gasteiger partial charge in [-0.1, -0.05) is 49.7 Å². The van der Waals surface area contributed by atoms with Crippen molar-refractivity contribution in [3.63, 3.8) is 0 Å². The molecule has 3 aromatic rings. The van der Waals surface area contributed by atoms with Gasteiger partial charge in [0.2, 0.25) is 5.91 Å². The zero-order valence-corrected chi connectivity index (χ0v) is 22.8. The Morgan fingerprint density at radius 3 is 2.54 bits per heavy atom. The normalized spacial score (nSPS) is 14.0. The highest BCUT2D eigenvalue weighted by Crippen LogP contribution is 2.42. The van der Waals surface area contributed by atoms with Crippen LogP contribution in [-0.4, -0.2) is 54.7 Å². The van der Waals surface area contributed by atoms with Crippen LogP contribution in [0, 0.1) is 5.82 Å². The van der Waals surface area contributed by atoms with Crippen molar-refractivity contribution >= 4 is 40.9 Å². The van der Waals surface area contributed by atoms with Gasteiger partial charge in [-0.15, -0.1) is 5.10 Å². The van der Waals surface area contributed by atoms with Crippen LogP contribution >= 0.6 is 11.6 Å². The Hall–Kier alpha value is -4.05. The molecule has 2 amide bonds. The summed E-state index contributed by atoms with van der Waals surface area (Å²) in [6.07, 6.45) is 1.40. The summed E-state index contributed by atoms with van der Waals surface area (Å²) in [5.41, 5.74) is 0.893. The molecule has 39 heavy (non-hydrogen) atoms. The van der Waals surface area contributed by atoms with Crippen LogP contribution in [0.1, 0.15) is 58.5 Å². The minimum absolute atomic E-state index is 0.00665. The predicted molar refractivity (Wildman–Crippen MR) is 146 cm³/mol. The Labute approximate surface area is 230 Å². The number of hydrogen-bond acceptors (Lipinski definition) is 7. The van der Waals surface area contributed by atoms with Crippen molar-refractivity contribution in [3.05, 3.63) is 81.8 Å². The Morgan fingerprint density at radius 1 is 1.15 bits per heavy atom.